The van der Waals surface area contributed by atoms with Gasteiger partial charge in [0.25, 0.3) is 0 Å². The van der Waals surface area contributed by atoms with Crippen molar-refractivity contribution >= 4 is 17.0 Å². The summed E-state index contributed by atoms with van der Waals surface area (Å²) in [6.07, 6.45) is 6.66. The summed E-state index contributed by atoms with van der Waals surface area (Å²) < 4.78 is 5.85. The van der Waals surface area contributed by atoms with Gasteiger partial charge in [0.05, 0.1) is 10.7 Å². The first kappa shape index (κ1) is 15.3. The Balaban J connectivity index is 1.51. The number of piperidine rings is 1. The first-order valence-corrected chi connectivity index (χ1v) is 8.81. The van der Waals surface area contributed by atoms with Gasteiger partial charge < -0.3 is 10.5 Å². The Kier molecular flexibility index (Phi) is 5.29. The fourth-order valence-corrected chi connectivity index (χ4v) is 3.47. The zero-order valence-corrected chi connectivity index (χ0v) is 13.6. The van der Waals surface area contributed by atoms with Crippen molar-refractivity contribution in [2.45, 2.75) is 25.7 Å². The van der Waals surface area contributed by atoms with Crippen LogP contribution in [-0.4, -0.2) is 36.1 Å². The van der Waals surface area contributed by atoms with Crippen LogP contribution in [-0.2, 0) is 6.42 Å². The van der Waals surface area contributed by atoms with Gasteiger partial charge >= 0.3 is 0 Å². The number of rotatable bonds is 6. The number of nitrogens with two attached hydrogens (primary N) is 1. The molecule has 4 nitrogen and oxygen atoms in total. The lowest BCUT2D eigenvalue weighted by Crippen LogP contribution is -2.33. The van der Waals surface area contributed by atoms with E-state index < -0.39 is 0 Å². The fraction of sp³-hybridized carbons (Fsp3) is 0.471. The summed E-state index contributed by atoms with van der Waals surface area (Å²) in [6, 6.07) is 6.06. The van der Waals surface area contributed by atoms with Crippen molar-refractivity contribution in [3.63, 3.8) is 0 Å². The highest BCUT2D eigenvalue weighted by Gasteiger charge is 2.10. The number of likely N-dealkylation sites (tertiary alicyclic amines) is 1. The minimum Gasteiger partial charge on any atom is -0.490 e. The second-order valence-electron chi connectivity index (χ2n) is 5.73. The van der Waals surface area contributed by atoms with Crippen LogP contribution in [0.25, 0.3) is 0 Å². The summed E-state index contributed by atoms with van der Waals surface area (Å²) in [5.41, 5.74) is 8.01. The Morgan fingerprint density at radius 1 is 1.23 bits per heavy atom. The van der Waals surface area contributed by atoms with E-state index in [4.69, 9.17) is 10.5 Å². The second kappa shape index (κ2) is 7.61. The molecule has 2 heterocycles. The third-order valence-corrected chi connectivity index (χ3v) is 4.81. The van der Waals surface area contributed by atoms with E-state index in [0.717, 1.165) is 23.7 Å². The lowest BCUT2D eigenvalue weighted by molar-refractivity contribution is 0.184. The van der Waals surface area contributed by atoms with E-state index in [1.54, 1.807) is 11.3 Å². The Morgan fingerprint density at radius 2 is 2.09 bits per heavy atom. The molecule has 0 amide bonds. The maximum Gasteiger partial charge on any atom is 0.142 e. The number of hydrogen-bond acceptors (Lipinski definition) is 5. The molecule has 3 rings (SSSR count). The van der Waals surface area contributed by atoms with Gasteiger partial charge in [-0.25, -0.2) is 4.98 Å². The largest absolute Gasteiger partial charge is 0.490 e. The minimum atomic E-state index is 0.704. The molecule has 0 spiro atoms. The molecule has 1 aliphatic heterocycles. The number of nitrogens with zero attached hydrogens (tertiary/aromatic N) is 2. The molecule has 2 N–H and O–H groups in total. The van der Waals surface area contributed by atoms with Crippen LogP contribution in [0.2, 0.25) is 0 Å². The Bertz CT molecular complexity index is 580. The first-order chi connectivity index (χ1) is 10.8. The van der Waals surface area contributed by atoms with E-state index in [2.05, 4.69) is 16.0 Å². The summed E-state index contributed by atoms with van der Waals surface area (Å²) in [6.45, 7) is 4.09. The highest BCUT2D eigenvalue weighted by molar-refractivity contribution is 7.09. The molecule has 0 radical (unpaired) electrons. The van der Waals surface area contributed by atoms with Gasteiger partial charge in [-0.1, -0.05) is 12.5 Å². The highest BCUT2D eigenvalue weighted by atomic mass is 32.1. The molecule has 118 valence electrons. The maximum absolute atomic E-state index is 6.11. The van der Waals surface area contributed by atoms with E-state index in [1.165, 1.54) is 37.9 Å². The van der Waals surface area contributed by atoms with Crippen molar-refractivity contribution in [2.24, 2.45) is 0 Å². The monoisotopic (exact) mass is 317 g/mol. The molecule has 0 unspecified atom stereocenters. The van der Waals surface area contributed by atoms with Gasteiger partial charge in [-0.2, -0.15) is 0 Å². The molecule has 22 heavy (non-hydrogen) atoms. The van der Waals surface area contributed by atoms with Gasteiger partial charge in [0.15, 0.2) is 0 Å². The van der Waals surface area contributed by atoms with Gasteiger partial charge in [-0.3, -0.25) is 4.90 Å². The highest BCUT2D eigenvalue weighted by Crippen LogP contribution is 2.24. The van der Waals surface area contributed by atoms with E-state index in [9.17, 15) is 0 Å². The van der Waals surface area contributed by atoms with E-state index in [-0.39, 0.29) is 0 Å². The molecular weight excluding hydrogens is 294 g/mol. The van der Waals surface area contributed by atoms with E-state index >= 15 is 0 Å². The maximum atomic E-state index is 6.11. The molecule has 0 aliphatic carbocycles. The van der Waals surface area contributed by atoms with Gasteiger partial charge in [0.1, 0.15) is 12.4 Å². The van der Waals surface area contributed by atoms with Crippen LogP contribution in [0.5, 0.6) is 5.75 Å². The van der Waals surface area contributed by atoms with Gasteiger partial charge in [-0.05, 0) is 43.6 Å². The predicted molar refractivity (Wildman–Crippen MR) is 91.6 cm³/mol. The van der Waals surface area contributed by atoms with Crippen LogP contribution in [0, 0.1) is 0 Å². The smallest absolute Gasteiger partial charge is 0.142 e. The standard InChI is InChI=1S/C17H23N3OS/c18-15-12-14(13-17-19-6-11-22-17)4-5-16(15)21-10-9-20-7-2-1-3-8-20/h4-6,11-12H,1-3,7-10,13,18H2. The van der Waals surface area contributed by atoms with Crippen LogP contribution in [0.3, 0.4) is 0 Å². The number of nitrogen functional groups attached to an aromatic ring is 1. The molecule has 5 heteroatoms. The minimum absolute atomic E-state index is 0.704. The number of ether oxygens (including phenoxy) is 1. The SMILES string of the molecule is Nc1cc(Cc2nccs2)ccc1OCCN1CCCCC1. The van der Waals surface area contributed by atoms with Crippen molar-refractivity contribution < 1.29 is 4.74 Å². The Labute approximate surface area is 135 Å². The summed E-state index contributed by atoms with van der Waals surface area (Å²) in [7, 11) is 0. The second-order valence-corrected chi connectivity index (χ2v) is 6.70. The van der Waals surface area contributed by atoms with Crippen molar-refractivity contribution in [2.75, 3.05) is 32.0 Å². The first-order valence-electron chi connectivity index (χ1n) is 7.93. The van der Waals surface area contributed by atoms with Crippen LogP contribution in [0.15, 0.2) is 29.8 Å². The lowest BCUT2D eigenvalue weighted by Gasteiger charge is -2.26. The molecule has 1 saturated heterocycles. The number of anilines is 1. The van der Waals surface area contributed by atoms with Crippen molar-refractivity contribution in [1.82, 2.24) is 9.88 Å². The van der Waals surface area contributed by atoms with Gasteiger partial charge in [-0.15, -0.1) is 11.3 Å². The number of hydrogen-bond donors (Lipinski definition) is 1. The molecule has 1 aliphatic rings. The van der Waals surface area contributed by atoms with Gasteiger partial charge in [0.2, 0.25) is 0 Å². The number of thiazole rings is 1. The van der Waals surface area contributed by atoms with Gasteiger partial charge in [0, 0.05) is 24.5 Å². The zero-order chi connectivity index (χ0) is 15.2. The van der Waals surface area contributed by atoms with Crippen LogP contribution in [0.4, 0.5) is 5.69 Å². The number of aromatic nitrogens is 1. The zero-order valence-electron chi connectivity index (χ0n) is 12.8. The molecule has 0 bridgehead atoms. The Hall–Kier alpha value is -1.59. The molecule has 1 aromatic carbocycles. The molecule has 2 aromatic rings. The molecule has 1 fully saturated rings. The van der Waals surface area contributed by atoms with Crippen molar-refractivity contribution in [3.05, 3.63) is 40.3 Å². The average molecular weight is 317 g/mol. The van der Waals surface area contributed by atoms with E-state index in [1.807, 2.05) is 23.7 Å². The summed E-state index contributed by atoms with van der Waals surface area (Å²) in [5, 5.41) is 3.11. The van der Waals surface area contributed by atoms with Crippen molar-refractivity contribution in [3.8, 4) is 5.75 Å². The van der Waals surface area contributed by atoms with E-state index in [0.29, 0.717) is 12.3 Å². The lowest BCUT2D eigenvalue weighted by atomic mass is 10.1. The molecule has 0 saturated carbocycles. The summed E-state index contributed by atoms with van der Waals surface area (Å²) >= 11 is 1.67. The van der Waals surface area contributed by atoms with Crippen molar-refractivity contribution in [1.29, 1.82) is 0 Å². The fourth-order valence-electron chi connectivity index (χ4n) is 2.82. The third-order valence-electron chi connectivity index (χ3n) is 4.03. The Morgan fingerprint density at radius 3 is 2.82 bits per heavy atom. The number of benzene rings is 1. The third kappa shape index (κ3) is 4.21. The van der Waals surface area contributed by atoms with Crippen LogP contribution in [0.1, 0.15) is 29.8 Å². The predicted octanol–water partition coefficient (Wildman–Crippen LogP) is 3.18. The quantitative estimate of drug-likeness (QED) is 0.831. The normalized spacial score (nSPS) is 15.8. The summed E-state index contributed by atoms with van der Waals surface area (Å²) in [5.74, 6) is 0.792. The molecule has 0 atom stereocenters. The summed E-state index contributed by atoms with van der Waals surface area (Å²) in [4.78, 5) is 6.77. The molecular formula is C17H23N3OS. The van der Waals surface area contributed by atoms with Crippen LogP contribution >= 0.6 is 11.3 Å². The topological polar surface area (TPSA) is 51.4 Å². The van der Waals surface area contributed by atoms with Crippen LogP contribution < -0.4 is 10.5 Å². The molecule has 1 aromatic heterocycles. The average Bonchev–Trinajstić information content (AvgIpc) is 3.03.